The predicted molar refractivity (Wildman–Crippen MR) is 348 cm³/mol. The monoisotopic (exact) mass is 1280 g/mol. The molecule has 7 N–H and O–H groups in total. The standard InChI is InChI=1S/C70H134O17S/c1-11-13-15-17-19-21-23-25-26-28-30-32-34-36-38-40-61(74)84-65-63(76)60(49-72)83-70(86-69-66(87-88(79,80)81)64(77)62(75)59(48-71)82-69)67(65)85-68(78)57(10)47-55(8)45-53(6)43-51(4)41-50(3)42-52(5)44-54(7)46-56(9)58(73)39-37-35-33-31-29-27-24-22-20-18-16-14-12-2/h50-60,62-67,69-73,75-77H,11-49H2,1-10H3,(H,79,80,81). The number of aliphatic hydroxyl groups excluding tert-OH is 6. The van der Waals surface area contributed by atoms with Crippen LogP contribution in [0.5, 0.6) is 0 Å². The van der Waals surface area contributed by atoms with Gasteiger partial charge in [0.05, 0.1) is 25.2 Å². The normalized spacial score (nSPS) is 25.7. The molecule has 19 unspecified atom stereocenters. The highest BCUT2D eigenvalue weighted by molar-refractivity contribution is 7.80. The molecule has 0 aromatic rings. The van der Waals surface area contributed by atoms with Gasteiger partial charge in [-0.1, -0.05) is 243 Å². The molecule has 522 valence electrons. The zero-order valence-electron chi connectivity index (χ0n) is 57.2. The Balaban J connectivity index is 1.97. The van der Waals surface area contributed by atoms with Crippen LogP contribution in [-0.2, 0) is 47.9 Å². The van der Waals surface area contributed by atoms with Gasteiger partial charge >= 0.3 is 22.3 Å². The SMILES string of the molecule is CCCCCCCCCCCCCCCCCC(=O)OC1C(O)C(CO)OC(OC2OC(CO)C(O)C(O)C2OS(=O)(=O)O)C1OC(=O)C(C)CC(C)CC(C)CC(C)CC(C)CC(C)CC(C)CC(C)C(O)CCCCCCCCCCCCCCC. The molecule has 0 spiro atoms. The van der Waals surface area contributed by atoms with E-state index in [2.05, 4.69) is 66.5 Å². The van der Waals surface area contributed by atoms with Gasteiger partial charge in [0.2, 0.25) is 6.29 Å². The second kappa shape index (κ2) is 48.2. The van der Waals surface area contributed by atoms with Crippen molar-refractivity contribution < 1.29 is 81.1 Å². The summed E-state index contributed by atoms with van der Waals surface area (Å²) in [5.74, 6) is 0.757. The lowest BCUT2D eigenvalue weighted by atomic mass is 9.80. The highest BCUT2D eigenvalue weighted by Gasteiger charge is 2.55. The number of ether oxygens (including phenoxy) is 5. The number of hydrogen-bond donors (Lipinski definition) is 7. The van der Waals surface area contributed by atoms with E-state index in [4.69, 9.17) is 23.7 Å². The number of aliphatic hydroxyl groups is 6. The van der Waals surface area contributed by atoms with Crippen molar-refractivity contribution in [1.82, 2.24) is 0 Å². The Morgan fingerprint density at radius 2 is 0.795 bits per heavy atom. The van der Waals surface area contributed by atoms with Crippen LogP contribution in [0.25, 0.3) is 0 Å². The maximum Gasteiger partial charge on any atom is 0.397 e. The number of unbranched alkanes of at least 4 members (excludes halogenated alkanes) is 26. The van der Waals surface area contributed by atoms with Gasteiger partial charge in [0, 0.05) is 6.42 Å². The third-order valence-corrected chi connectivity index (χ3v) is 19.3. The summed E-state index contributed by atoms with van der Waals surface area (Å²) in [6.45, 7) is 20.4. The van der Waals surface area contributed by atoms with E-state index in [-0.39, 0.29) is 18.4 Å². The molecule has 19 atom stereocenters. The second-order valence-corrected chi connectivity index (χ2v) is 29.4. The molecule has 0 aromatic carbocycles. The van der Waals surface area contributed by atoms with Crippen molar-refractivity contribution in [2.75, 3.05) is 13.2 Å². The molecule has 0 aliphatic carbocycles. The van der Waals surface area contributed by atoms with Gasteiger partial charge < -0.3 is 54.3 Å². The predicted octanol–water partition coefficient (Wildman–Crippen LogP) is 14.5. The third kappa shape index (κ3) is 36.2. The van der Waals surface area contributed by atoms with Gasteiger partial charge in [-0.2, -0.15) is 8.42 Å². The summed E-state index contributed by atoms with van der Waals surface area (Å²) in [4.78, 5) is 27.8. The van der Waals surface area contributed by atoms with Gasteiger partial charge in [-0.05, 0) is 99.2 Å². The van der Waals surface area contributed by atoms with Gasteiger partial charge in [0.15, 0.2) is 24.6 Å². The fraction of sp³-hybridized carbons (Fsp3) is 0.971. The van der Waals surface area contributed by atoms with Crippen molar-refractivity contribution in [1.29, 1.82) is 0 Å². The van der Waals surface area contributed by atoms with E-state index in [0.717, 1.165) is 77.0 Å². The zero-order chi connectivity index (χ0) is 65.4. The van der Waals surface area contributed by atoms with Crippen molar-refractivity contribution >= 4 is 22.3 Å². The van der Waals surface area contributed by atoms with Crippen LogP contribution in [0.3, 0.4) is 0 Å². The zero-order valence-corrected chi connectivity index (χ0v) is 58.0. The molecular weight excluding hydrogens is 1140 g/mol. The molecule has 2 rings (SSSR count). The van der Waals surface area contributed by atoms with Crippen molar-refractivity contribution in [2.45, 2.75) is 374 Å². The Kier molecular flexibility index (Phi) is 45.2. The fourth-order valence-corrected chi connectivity index (χ4v) is 14.7. The lowest BCUT2D eigenvalue weighted by molar-refractivity contribution is -0.374. The van der Waals surface area contributed by atoms with Gasteiger partial charge in [-0.25, -0.2) is 4.18 Å². The van der Waals surface area contributed by atoms with E-state index in [1.165, 1.54) is 141 Å². The first-order valence-electron chi connectivity index (χ1n) is 35.9. The molecule has 2 aliphatic heterocycles. The molecule has 0 radical (unpaired) electrons. The number of esters is 2. The summed E-state index contributed by atoms with van der Waals surface area (Å²) >= 11 is 0. The second-order valence-electron chi connectivity index (χ2n) is 28.4. The molecule has 0 saturated carbocycles. The summed E-state index contributed by atoms with van der Waals surface area (Å²) in [5, 5.41) is 64.4. The summed E-state index contributed by atoms with van der Waals surface area (Å²) < 4.78 is 67.6. The Morgan fingerprint density at radius 3 is 1.19 bits per heavy atom. The van der Waals surface area contributed by atoms with Crippen molar-refractivity contribution in [3.8, 4) is 0 Å². The maximum atomic E-state index is 14.2. The Hall–Kier alpha value is -1.55. The Labute approximate surface area is 536 Å². The quantitative estimate of drug-likeness (QED) is 0.0169. The van der Waals surface area contributed by atoms with Crippen molar-refractivity contribution in [2.24, 2.45) is 47.3 Å². The largest absolute Gasteiger partial charge is 0.455 e. The molecule has 2 heterocycles. The Morgan fingerprint density at radius 1 is 0.443 bits per heavy atom. The number of rotatable bonds is 54. The summed E-state index contributed by atoms with van der Waals surface area (Å²) in [5.41, 5.74) is 0. The van der Waals surface area contributed by atoms with Crippen LogP contribution >= 0.6 is 0 Å². The van der Waals surface area contributed by atoms with Gasteiger partial charge in [-0.3, -0.25) is 14.1 Å². The summed E-state index contributed by atoms with van der Waals surface area (Å²) in [6.07, 6.45) is 23.4. The van der Waals surface area contributed by atoms with E-state index in [1.54, 1.807) is 6.92 Å². The molecule has 0 amide bonds. The van der Waals surface area contributed by atoms with Gasteiger partial charge in [0.25, 0.3) is 0 Å². The topological polar surface area (TPSA) is 265 Å². The van der Waals surface area contributed by atoms with Crippen LogP contribution in [-0.4, -0.2) is 136 Å². The molecule has 0 bridgehead atoms. The molecule has 2 saturated heterocycles. The average Bonchev–Trinajstić information content (AvgIpc) is 2.39. The molecule has 0 aromatic heterocycles. The number of carbonyl (C=O) groups is 2. The number of carbonyl (C=O) groups excluding carboxylic acids is 2. The minimum Gasteiger partial charge on any atom is -0.455 e. The lowest BCUT2D eigenvalue weighted by Gasteiger charge is -2.46. The van der Waals surface area contributed by atoms with E-state index >= 15 is 0 Å². The van der Waals surface area contributed by atoms with Gasteiger partial charge in [0.1, 0.15) is 30.5 Å². The molecule has 17 nitrogen and oxygen atoms in total. The highest BCUT2D eigenvalue weighted by Crippen LogP contribution is 2.36. The van der Waals surface area contributed by atoms with Crippen LogP contribution in [0.2, 0.25) is 0 Å². The average molecular weight is 1280 g/mol. The van der Waals surface area contributed by atoms with Crippen molar-refractivity contribution in [3.05, 3.63) is 0 Å². The maximum absolute atomic E-state index is 14.2. The van der Waals surface area contributed by atoms with Crippen LogP contribution in [0.15, 0.2) is 0 Å². The summed E-state index contributed by atoms with van der Waals surface area (Å²) in [7, 11) is -5.33. The van der Waals surface area contributed by atoms with Crippen molar-refractivity contribution in [3.63, 3.8) is 0 Å². The van der Waals surface area contributed by atoms with Crippen LogP contribution in [0, 0.1) is 47.3 Å². The fourth-order valence-electron chi connectivity index (χ4n) is 14.2. The van der Waals surface area contributed by atoms with E-state index < -0.39 is 103 Å². The Bertz CT molecular complexity index is 1840. The van der Waals surface area contributed by atoms with E-state index in [0.29, 0.717) is 48.3 Å². The molecule has 2 aliphatic rings. The minimum atomic E-state index is -5.33. The first-order valence-corrected chi connectivity index (χ1v) is 37.3. The third-order valence-electron chi connectivity index (χ3n) is 18.8. The van der Waals surface area contributed by atoms with Crippen LogP contribution < -0.4 is 0 Å². The lowest BCUT2D eigenvalue weighted by Crippen LogP contribution is -2.65. The van der Waals surface area contributed by atoms with Gasteiger partial charge in [-0.15, -0.1) is 0 Å². The number of hydrogen-bond acceptors (Lipinski definition) is 16. The first kappa shape index (κ1) is 82.5. The van der Waals surface area contributed by atoms with E-state index in [1.807, 2.05) is 0 Å². The molecular formula is C70H134O17S. The summed E-state index contributed by atoms with van der Waals surface area (Å²) in [6, 6.07) is 0. The smallest absolute Gasteiger partial charge is 0.397 e. The first-order chi connectivity index (χ1) is 41.9. The molecule has 2 fully saturated rings. The highest BCUT2D eigenvalue weighted by atomic mass is 32.3. The minimum absolute atomic E-state index is 0.0237. The van der Waals surface area contributed by atoms with E-state index in [9.17, 15) is 53.2 Å². The van der Waals surface area contributed by atoms with Crippen LogP contribution in [0.4, 0.5) is 0 Å². The molecule has 18 heteroatoms. The van der Waals surface area contributed by atoms with Crippen LogP contribution in [0.1, 0.15) is 307 Å². The molecule has 88 heavy (non-hydrogen) atoms.